The average Bonchev–Trinajstić information content (AvgIpc) is 3.19. The first-order valence-electron chi connectivity index (χ1n) is 18.6. The number of benzene rings is 6. The Labute approximate surface area is 384 Å². The molecule has 6 aromatic rings. The Morgan fingerprint density at radius 3 is 1.34 bits per heavy atom. The quantitative estimate of drug-likeness (QED) is 0.0682. The number of aryl methyl sites for hydroxylation is 6. The molecule has 0 radical (unpaired) electrons. The summed E-state index contributed by atoms with van der Waals surface area (Å²) < 4.78 is 95.2. The van der Waals surface area contributed by atoms with Crippen LogP contribution >= 0.6 is 27.5 Å². The molecule has 0 aliphatic rings. The lowest BCUT2D eigenvalue weighted by Gasteiger charge is -2.09. The first-order chi connectivity index (χ1) is 29.4. The highest BCUT2D eigenvalue weighted by Gasteiger charge is 2.34. The highest BCUT2D eigenvalue weighted by molar-refractivity contribution is 9.10. The van der Waals surface area contributed by atoms with Crippen LogP contribution < -0.4 is 34.4 Å². The second-order valence-electron chi connectivity index (χ2n) is 14.0. The number of nitrogen functional groups attached to an aromatic ring is 6. The van der Waals surface area contributed by atoms with Gasteiger partial charge < -0.3 is 34.4 Å². The van der Waals surface area contributed by atoms with E-state index in [9.17, 15) is 34.8 Å². The Bertz CT molecular complexity index is 2570. The predicted octanol–water partition coefficient (Wildman–Crippen LogP) is 12.2. The minimum atomic E-state index is -4.44. The number of hydrogen-bond acceptors (Lipinski definition) is 9. The molecular weight excluding hydrogens is 944 g/mol. The summed E-state index contributed by atoms with van der Waals surface area (Å²) in [6.45, 7) is 11.8. The number of nitrogens with zero attached hydrogens (tertiary/aromatic N) is 1. The van der Waals surface area contributed by atoms with Gasteiger partial charge in [-0.15, -0.1) is 0 Å². The highest BCUT2D eigenvalue weighted by atomic mass is 79.9. The first-order valence-corrected chi connectivity index (χ1v) is 21.7. The third-order valence-corrected chi connectivity index (χ3v) is 11.0. The molecule has 6 aromatic carbocycles. The number of anilines is 6. The molecule has 0 spiro atoms. The van der Waals surface area contributed by atoms with Crippen molar-refractivity contribution in [2.45, 2.75) is 58.8 Å². The topological polar surface area (TPSA) is 214 Å². The van der Waals surface area contributed by atoms with E-state index < -0.39 is 39.0 Å². The molecule has 0 aliphatic carbocycles. The second kappa shape index (κ2) is 24.7. The molecule has 0 atom stereocenters. The smallest absolute Gasteiger partial charge is 0.399 e. The van der Waals surface area contributed by atoms with Gasteiger partial charge in [-0.3, -0.25) is 0 Å². The zero-order valence-electron chi connectivity index (χ0n) is 36.1. The van der Waals surface area contributed by atoms with Gasteiger partial charge >= 0.3 is 12.4 Å². The molecule has 18 heteroatoms. The van der Waals surface area contributed by atoms with E-state index in [4.69, 9.17) is 51.3 Å². The standard InChI is InChI=1S/C8H8N2.C8H11NO2S.2C8H11N.C7H5BrF3N.C7H5ClF3N/c1-6-3-2-4-7(5-9)8(6)10;1-6-4-3-5-7(8(6)9)12(2,10)11;1-6-3-4-8(9)7(2)5-6;1-6-4-3-5-7(2)8(6)9;2*8-5-3-1-2-4(6(5)12)7(9,10)11/h2-4H,10H2,1H3;3-5H,9H2,1-2H3;2*3-5H,9H2,1-2H3;2*1-3H,12H2. The number of halogens is 8. The van der Waals surface area contributed by atoms with Crippen molar-refractivity contribution in [3.05, 3.63) is 169 Å². The monoisotopic (exact) mass is 993 g/mol. The summed E-state index contributed by atoms with van der Waals surface area (Å²) in [6, 6.07) is 31.6. The summed E-state index contributed by atoms with van der Waals surface area (Å²) in [6.07, 6.45) is -7.67. The molecule has 9 nitrogen and oxygen atoms in total. The van der Waals surface area contributed by atoms with Crippen molar-refractivity contribution >= 4 is 71.5 Å². The maximum Gasteiger partial charge on any atom is 0.418 e. The maximum atomic E-state index is 12.1. The molecule has 6 rings (SSSR count). The summed E-state index contributed by atoms with van der Waals surface area (Å²) in [5, 5.41) is 8.43. The van der Waals surface area contributed by atoms with E-state index in [0.717, 1.165) is 57.6 Å². The molecule has 0 aromatic heterocycles. The molecule has 0 bridgehead atoms. The fourth-order valence-electron chi connectivity index (χ4n) is 4.98. The molecule has 344 valence electrons. The van der Waals surface area contributed by atoms with E-state index in [1.807, 2.05) is 76.2 Å². The summed E-state index contributed by atoms with van der Waals surface area (Å²) in [5.41, 5.74) is 40.1. The Morgan fingerprint density at radius 2 is 0.969 bits per heavy atom. The Morgan fingerprint density at radius 1 is 0.547 bits per heavy atom. The number of alkyl halides is 6. The van der Waals surface area contributed by atoms with Gasteiger partial charge in [0.15, 0.2) is 9.84 Å². The van der Waals surface area contributed by atoms with E-state index in [2.05, 4.69) is 28.9 Å². The normalized spacial score (nSPS) is 10.6. The van der Waals surface area contributed by atoms with Crippen LogP contribution in [0.15, 0.2) is 119 Å². The fourth-order valence-corrected chi connectivity index (χ4v) is 6.40. The summed E-state index contributed by atoms with van der Waals surface area (Å²) >= 11 is 8.31. The highest BCUT2D eigenvalue weighted by Crippen LogP contribution is 2.37. The van der Waals surface area contributed by atoms with Gasteiger partial charge in [-0.1, -0.05) is 83.9 Å². The van der Waals surface area contributed by atoms with E-state index in [1.165, 1.54) is 35.9 Å². The van der Waals surface area contributed by atoms with Crippen LogP contribution in [-0.2, 0) is 22.2 Å². The molecule has 0 amide bonds. The zero-order valence-corrected chi connectivity index (χ0v) is 39.2. The van der Waals surface area contributed by atoms with Crippen molar-refractivity contribution in [2.75, 3.05) is 40.7 Å². The number of sulfone groups is 1. The molecule has 0 saturated carbocycles. The van der Waals surface area contributed by atoms with Crippen LogP contribution in [0.25, 0.3) is 0 Å². The van der Waals surface area contributed by atoms with Crippen molar-refractivity contribution in [2.24, 2.45) is 0 Å². The van der Waals surface area contributed by atoms with Gasteiger partial charge in [0.05, 0.1) is 49.4 Å². The first kappa shape index (κ1) is 55.9. The maximum absolute atomic E-state index is 12.1. The van der Waals surface area contributed by atoms with Gasteiger partial charge in [-0.05, 0) is 128 Å². The van der Waals surface area contributed by atoms with E-state index in [1.54, 1.807) is 25.1 Å². The Kier molecular flexibility index (Phi) is 21.6. The van der Waals surface area contributed by atoms with Crippen LogP contribution in [0.4, 0.5) is 60.5 Å². The van der Waals surface area contributed by atoms with Crippen molar-refractivity contribution in [3.8, 4) is 6.07 Å². The molecule has 0 heterocycles. The van der Waals surface area contributed by atoms with Crippen molar-refractivity contribution in [3.63, 3.8) is 0 Å². The molecule has 0 unspecified atom stereocenters. The summed E-state index contributed by atoms with van der Waals surface area (Å²) in [4.78, 5) is 0.211. The van der Waals surface area contributed by atoms with Gasteiger partial charge in [-0.2, -0.15) is 31.6 Å². The van der Waals surface area contributed by atoms with Crippen molar-refractivity contribution in [1.29, 1.82) is 5.26 Å². The molecule has 12 N–H and O–H groups in total. The number of nitriles is 1. The third-order valence-electron chi connectivity index (χ3n) is 8.81. The minimum Gasteiger partial charge on any atom is -0.399 e. The van der Waals surface area contributed by atoms with E-state index in [0.29, 0.717) is 16.9 Å². The Balaban J connectivity index is 0.000000386. The van der Waals surface area contributed by atoms with Gasteiger partial charge in [0.25, 0.3) is 0 Å². The Hall–Kier alpha value is -6.09. The summed E-state index contributed by atoms with van der Waals surface area (Å²) in [5.74, 6) is 0. The SMILES string of the molecule is Cc1ccc(N)c(C)c1.Cc1cccc(C#N)c1N.Cc1cccc(C)c1N.Cc1cccc(S(C)(=O)=O)c1N.Nc1c(Br)cccc1C(F)(F)F.Nc1c(Cl)cccc1C(F)(F)F. The van der Waals surface area contributed by atoms with Crippen LogP contribution in [0, 0.1) is 52.9 Å². The van der Waals surface area contributed by atoms with Gasteiger partial charge in [0.1, 0.15) is 6.07 Å². The van der Waals surface area contributed by atoms with E-state index in [-0.39, 0.29) is 20.1 Å². The average molecular weight is 995 g/mol. The van der Waals surface area contributed by atoms with Gasteiger partial charge in [-0.25, -0.2) is 8.42 Å². The zero-order chi connectivity index (χ0) is 49.3. The lowest BCUT2D eigenvalue weighted by Crippen LogP contribution is -2.08. The van der Waals surface area contributed by atoms with Crippen molar-refractivity contribution in [1.82, 2.24) is 0 Å². The predicted molar refractivity (Wildman–Crippen MR) is 254 cm³/mol. The lowest BCUT2D eigenvalue weighted by molar-refractivity contribution is -0.137. The minimum absolute atomic E-state index is 0.0789. The van der Waals surface area contributed by atoms with Gasteiger partial charge in [0.2, 0.25) is 0 Å². The molecule has 64 heavy (non-hydrogen) atoms. The lowest BCUT2D eigenvalue weighted by atomic mass is 10.1. The molecule has 0 fully saturated rings. The van der Waals surface area contributed by atoms with Crippen LogP contribution in [0.5, 0.6) is 0 Å². The third kappa shape index (κ3) is 17.9. The molecule has 0 aliphatic heterocycles. The summed E-state index contributed by atoms with van der Waals surface area (Å²) in [7, 11) is -3.18. The van der Waals surface area contributed by atoms with Gasteiger partial charge in [0, 0.05) is 22.1 Å². The number of rotatable bonds is 1. The number of para-hydroxylation sites is 5. The van der Waals surface area contributed by atoms with Crippen LogP contribution in [-0.4, -0.2) is 14.7 Å². The van der Waals surface area contributed by atoms with Crippen LogP contribution in [0.2, 0.25) is 5.02 Å². The largest absolute Gasteiger partial charge is 0.418 e. The van der Waals surface area contributed by atoms with E-state index >= 15 is 0 Å². The fraction of sp³-hybridized carbons (Fsp3) is 0.196. The molecular formula is C46H51BrClF6N7O2S. The van der Waals surface area contributed by atoms with Crippen LogP contribution in [0.1, 0.15) is 50.1 Å². The number of hydrogen-bond donors (Lipinski definition) is 6. The van der Waals surface area contributed by atoms with Crippen LogP contribution in [0.3, 0.4) is 0 Å². The molecule has 0 saturated heterocycles. The second-order valence-corrected chi connectivity index (χ2v) is 17.2. The number of nitrogens with two attached hydrogens (primary N) is 6. The van der Waals surface area contributed by atoms with Crippen molar-refractivity contribution < 1.29 is 34.8 Å².